The first-order valence-electron chi connectivity index (χ1n) is 6.06. The summed E-state index contributed by atoms with van der Waals surface area (Å²) < 4.78 is 5.75. The third-order valence-electron chi connectivity index (χ3n) is 2.70. The number of benzene rings is 2. The third kappa shape index (κ3) is 4.06. The van der Waals surface area contributed by atoms with Gasteiger partial charge < -0.3 is 9.84 Å². The number of halogens is 1. The van der Waals surface area contributed by atoms with Crippen LogP contribution in [0.5, 0.6) is 11.5 Å². The van der Waals surface area contributed by atoms with Gasteiger partial charge in [-0.3, -0.25) is 4.79 Å². The Balaban J connectivity index is 2.02. The van der Waals surface area contributed by atoms with Crippen molar-refractivity contribution < 1.29 is 14.6 Å². The summed E-state index contributed by atoms with van der Waals surface area (Å²) in [6.07, 6.45) is 1.51. The molecule has 0 radical (unpaired) electrons. The van der Waals surface area contributed by atoms with E-state index in [4.69, 9.17) is 4.74 Å². The number of ether oxygens (including phenoxy) is 1. The van der Waals surface area contributed by atoms with Crippen LogP contribution in [-0.2, 0) is 0 Å². The molecule has 2 rings (SSSR count). The van der Waals surface area contributed by atoms with Crippen LogP contribution < -0.4 is 10.2 Å². The molecule has 0 unspecified atom stereocenters. The van der Waals surface area contributed by atoms with Gasteiger partial charge in [-0.05, 0) is 48.0 Å². The van der Waals surface area contributed by atoms with Crippen molar-refractivity contribution >= 4 is 28.1 Å². The molecule has 0 saturated carbocycles. The highest BCUT2D eigenvalue weighted by Gasteiger charge is 2.10. The lowest BCUT2D eigenvalue weighted by molar-refractivity contribution is 0.0952. The minimum atomic E-state index is -0.487. The molecule has 0 atom stereocenters. The maximum Gasteiger partial charge on any atom is 0.275 e. The first-order chi connectivity index (χ1) is 10.1. The number of hydrazone groups is 1. The SMILES string of the molecule is COc1ccc(/C=N\NC(=O)c2cc(Br)ccc2O)cc1. The second-order valence-corrected chi connectivity index (χ2v) is 5.05. The van der Waals surface area contributed by atoms with E-state index in [-0.39, 0.29) is 11.3 Å². The van der Waals surface area contributed by atoms with Crippen LogP contribution in [0.4, 0.5) is 0 Å². The van der Waals surface area contributed by atoms with Gasteiger partial charge in [-0.15, -0.1) is 0 Å². The predicted molar refractivity (Wildman–Crippen MR) is 83.9 cm³/mol. The Morgan fingerprint density at radius 1 is 1.29 bits per heavy atom. The molecule has 0 spiro atoms. The molecule has 0 aliphatic rings. The summed E-state index contributed by atoms with van der Waals surface area (Å²) in [5.74, 6) is 0.157. The van der Waals surface area contributed by atoms with Crippen LogP contribution in [0.3, 0.4) is 0 Å². The maximum absolute atomic E-state index is 11.9. The zero-order valence-corrected chi connectivity index (χ0v) is 12.8. The summed E-state index contributed by atoms with van der Waals surface area (Å²) in [6.45, 7) is 0. The van der Waals surface area contributed by atoms with Crippen molar-refractivity contribution in [3.8, 4) is 11.5 Å². The molecule has 0 aliphatic carbocycles. The normalized spacial score (nSPS) is 10.6. The van der Waals surface area contributed by atoms with Gasteiger partial charge in [0.15, 0.2) is 0 Å². The highest BCUT2D eigenvalue weighted by atomic mass is 79.9. The fourth-order valence-corrected chi connectivity index (χ4v) is 1.97. The number of carbonyl (C=O) groups is 1. The summed E-state index contributed by atoms with van der Waals surface area (Å²) >= 11 is 3.24. The molecule has 0 aliphatic heterocycles. The second-order valence-electron chi connectivity index (χ2n) is 4.13. The molecule has 1 amide bonds. The van der Waals surface area contributed by atoms with E-state index in [2.05, 4.69) is 26.5 Å². The summed E-state index contributed by atoms with van der Waals surface area (Å²) in [4.78, 5) is 11.9. The van der Waals surface area contributed by atoms with Gasteiger partial charge in [-0.25, -0.2) is 5.43 Å². The topological polar surface area (TPSA) is 70.9 Å². The van der Waals surface area contributed by atoms with E-state index in [0.717, 1.165) is 11.3 Å². The number of phenolic OH excluding ortho intramolecular Hbond substituents is 1. The minimum absolute atomic E-state index is 0.102. The van der Waals surface area contributed by atoms with Crippen LogP contribution in [0.2, 0.25) is 0 Å². The lowest BCUT2D eigenvalue weighted by atomic mass is 10.2. The number of carbonyl (C=O) groups excluding carboxylic acids is 1. The Morgan fingerprint density at radius 3 is 2.67 bits per heavy atom. The van der Waals surface area contributed by atoms with Crippen LogP contribution in [-0.4, -0.2) is 24.3 Å². The quantitative estimate of drug-likeness (QED) is 0.659. The average molecular weight is 349 g/mol. The summed E-state index contributed by atoms with van der Waals surface area (Å²) in [6, 6.07) is 11.8. The standard InChI is InChI=1S/C15H13BrN2O3/c1-21-12-5-2-10(3-6-12)9-17-18-15(20)13-8-11(16)4-7-14(13)19/h2-9,19H,1H3,(H,18,20)/b17-9-. The predicted octanol–water partition coefficient (Wildman–Crippen LogP) is 2.93. The van der Waals surface area contributed by atoms with E-state index < -0.39 is 5.91 Å². The highest BCUT2D eigenvalue weighted by Crippen LogP contribution is 2.21. The first kappa shape index (κ1) is 15.1. The second kappa shape index (κ2) is 6.90. The number of rotatable bonds is 4. The van der Waals surface area contributed by atoms with Gasteiger partial charge in [-0.1, -0.05) is 15.9 Å². The smallest absolute Gasteiger partial charge is 0.275 e. The van der Waals surface area contributed by atoms with Crippen molar-refractivity contribution in [2.45, 2.75) is 0 Å². The molecule has 5 nitrogen and oxygen atoms in total. The fourth-order valence-electron chi connectivity index (χ4n) is 1.61. The largest absolute Gasteiger partial charge is 0.507 e. The summed E-state index contributed by atoms with van der Waals surface area (Å²) in [7, 11) is 1.59. The Labute approximate surface area is 130 Å². The molecule has 6 heteroatoms. The van der Waals surface area contributed by atoms with Crippen LogP contribution in [0, 0.1) is 0 Å². The monoisotopic (exact) mass is 348 g/mol. The number of phenols is 1. The molecule has 108 valence electrons. The van der Waals surface area contributed by atoms with Crippen molar-refractivity contribution in [2.24, 2.45) is 5.10 Å². The van der Waals surface area contributed by atoms with Crippen molar-refractivity contribution in [2.75, 3.05) is 7.11 Å². The maximum atomic E-state index is 11.9. The summed E-state index contributed by atoms with van der Waals surface area (Å²) in [5.41, 5.74) is 3.33. The Kier molecular flexibility index (Phi) is 4.94. The van der Waals surface area contributed by atoms with Gasteiger partial charge >= 0.3 is 0 Å². The molecule has 2 N–H and O–H groups in total. The molecule has 0 bridgehead atoms. The first-order valence-corrected chi connectivity index (χ1v) is 6.85. The third-order valence-corrected chi connectivity index (χ3v) is 3.19. The van der Waals surface area contributed by atoms with Crippen LogP contribution in [0.1, 0.15) is 15.9 Å². The Bertz CT molecular complexity index is 669. The van der Waals surface area contributed by atoms with Crippen LogP contribution in [0.25, 0.3) is 0 Å². The van der Waals surface area contributed by atoms with Crippen molar-refractivity contribution in [1.29, 1.82) is 0 Å². The van der Waals surface area contributed by atoms with Crippen LogP contribution >= 0.6 is 15.9 Å². The van der Waals surface area contributed by atoms with Gasteiger partial charge in [0.2, 0.25) is 0 Å². The summed E-state index contributed by atoms with van der Waals surface area (Å²) in [5, 5.41) is 13.5. The number of methoxy groups -OCH3 is 1. The van der Waals surface area contributed by atoms with E-state index in [9.17, 15) is 9.90 Å². The Morgan fingerprint density at radius 2 is 2.00 bits per heavy atom. The Hall–Kier alpha value is -2.34. The lowest BCUT2D eigenvalue weighted by Crippen LogP contribution is -2.17. The fraction of sp³-hybridized carbons (Fsp3) is 0.0667. The van der Waals surface area contributed by atoms with Gasteiger partial charge in [0, 0.05) is 4.47 Å². The number of hydrogen-bond donors (Lipinski definition) is 2. The molecule has 0 aromatic heterocycles. The van der Waals surface area contributed by atoms with Crippen molar-refractivity contribution in [3.63, 3.8) is 0 Å². The molecule has 21 heavy (non-hydrogen) atoms. The molecule has 0 saturated heterocycles. The number of aromatic hydroxyl groups is 1. The van der Waals surface area contributed by atoms with E-state index >= 15 is 0 Å². The minimum Gasteiger partial charge on any atom is -0.507 e. The molecule has 0 fully saturated rings. The number of hydrogen-bond acceptors (Lipinski definition) is 4. The number of amides is 1. The van der Waals surface area contributed by atoms with Crippen LogP contribution in [0.15, 0.2) is 52.0 Å². The van der Waals surface area contributed by atoms with E-state index in [1.165, 1.54) is 18.3 Å². The van der Waals surface area contributed by atoms with E-state index in [0.29, 0.717) is 4.47 Å². The molecular weight excluding hydrogens is 336 g/mol. The number of nitrogens with zero attached hydrogens (tertiary/aromatic N) is 1. The van der Waals surface area contributed by atoms with Gasteiger partial charge in [-0.2, -0.15) is 5.10 Å². The average Bonchev–Trinajstić information content (AvgIpc) is 2.50. The number of nitrogens with one attached hydrogen (secondary N) is 1. The van der Waals surface area contributed by atoms with Gasteiger partial charge in [0.25, 0.3) is 5.91 Å². The van der Waals surface area contributed by atoms with Gasteiger partial charge in [0.05, 0.1) is 18.9 Å². The van der Waals surface area contributed by atoms with Crippen molar-refractivity contribution in [1.82, 2.24) is 5.43 Å². The molecule has 2 aromatic carbocycles. The van der Waals surface area contributed by atoms with Crippen molar-refractivity contribution in [3.05, 3.63) is 58.1 Å². The zero-order valence-electron chi connectivity index (χ0n) is 11.2. The van der Waals surface area contributed by atoms with Gasteiger partial charge in [0.1, 0.15) is 11.5 Å². The molecular formula is C15H13BrN2O3. The lowest BCUT2D eigenvalue weighted by Gasteiger charge is -2.03. The molecule has 0 heterocycles. The van der Waals surface area contributed by atoms with E-state index in [1.807, 2.05) is 12.1 Å². The zero-order chi connectivity index (χ0) is 15.2. The van der Waals surface area contributed by atoms with E-state index in [1.54, 1.807) is 25.3 Å². The molecule has 2 aromatic rings. The highest BCUT2D eigenvalue weighted by molar-refractivity contribution is 9.10.